The van der Waals surface area contributed by atoms with E-state index in [1.54, 1.807) is 12.1 Å². The Labute approximate surface area is 173 Å². The zero-order chi connectivity index (χ0) is 21.6. The summed E-state index contributed by atoms with van der Waals surface area (Å²) in [5.41, 5.74) is 3.83. The molecule has 2 amide bonds. The molecule has 29 heavy (non-hydrogen) atoms. The van der Waals surface area contributed by atoms with Crippen molar-refractivity contribution in [3.63, 3.8) is 0 Å². The maximum atomic E-state index is 12.3. The SMILES string of the molecule is CN(C)c1ccc(NC(=O)C(=O)NC[C@H](c2ccc(N(C)C)cc2)[NH+](C)C)cc1. The van der Waals surface area contributed by atoms with Gasteiger partial charge in [-0.15, -0.1) is 0 Å². The van der Waals surface area contributed by atoms with Crippen LogP contribution in [-0.2, 0) is 9.59 Å². The van der Waals surface area contributed by atoms with E-state index in [4.69, 9.17) is 0 Å². The summed E-state index contributed by atoms with van der Waals surface area (Å²) < 4.78 is 0. The Hall–Kier alpha value is -3.06. The first-order chi connectivity index (χ1) is 13.7. The summed E-state index contributed by atoms with van der Waals surface area (Å²) in [5.74, 6) is -1.31. The summed E-state index contributed by atoms with van der Waals surface area (Å²) in [6, 6.07) is 15.6. The molecule has 0 saturated heterocycles. The predicted molar refractivity (Wildman–Crippen MR) is 119 cm³/mol. The highest BCUT2D eigenvalue weighted by molar-refractivity contribution is 6.39. The van der Waals surface area contributed by atoms with Gasteiger partial charge < -0.3 is 25.3 Å². The zero-order valence-corrected chi connectivity index (χ0v) is 18.1. The van der Waals surface area contributed by atoms with Gasteiger partial charge in [-0.25, -0.2) is 0 Å². The largest absolute Gasteiger partial charge is 0.378 e. The molecule has 0 aromatic heterocycles. The van der Waals surface area contributed by atoms with Gasteiger partial charge in [-0.2, -0.15) is 0 Å². The average molecular weight is 399 g/mol. The summed E-state index contributed by atoms with van der Waals surface area (Å²) in [5, 5.41) is 5.40. The molecular formula is C22H32N5O2+. The number of likely N-dealkylation sites (N-methyl/N-ethyl adjacent to an activating group) is 1. The second-order valence-corrected chi connectivity index (χ2v) is 7.72. The maximum absolute atomic E-state index is 12.3. The summed E-state index contributed by atoms with van der Waals surface area (Å²) >= 11 is 0. The Balaban J connectivity index is 1.96. The molecule has 2 rings (SSSR count). The van der Waals surface area contributed by atoms with Crippen molar-refractivity contribution in [3.8, 4) is 0 Å². The van der Waals surface area contributed by atoms with Gasteiger partial charge in [-0.1, -0.05) is 12.1 Å². The third-order valence-corrected chi connectivity index (χ3v) is 4.82. The molecule has 0 unspecified atom stereocenters. The van der Waals surface area contributed by atoms with Crippen LogP contribution < -0.4 is 25.3 Å². The highest BCUT2D eigenvalue weighted by atomic mass is 16.2. The average Bonchev–Trinajstić information content (AvgIpc) is 2.68. The lowest BCUT2D eigenvalue weighted by molar-refractivity contribution is -0.890. The molecule has 0 spiro atoms. The molecule has 1 atom stereocenters. The third kappa shape index (κ3) is 6.22. The number of hydrogen-bond acceptors (Lipinski definition) is 4. The second kappa shape index (κ2) is 9.93. The molecule has 7 nitrogen and oxygen atoms in total. The van der Waals surface area contributed by atoms with Crippen molar-refractivity contribution < 1.29 is 14.5 Å². The van der Waals surface area contributed by atoms with E-state index in [0.29, 0.717) is 12.2 Å². The zero-order valence-electron chi connectivity index (χ0n) is 18.1. The van der Waals surface area contributed by atoms with Crippen molar-refractivity contribution in [2.75, 3.05) is 63.9 Å². The van der Waals surface area contributed by atoms with Crippen molar-refractivity contribution in [2.45, 2.75) is 6.04 Å². The summed E-state index contributed by atoms with van der Waals surface area (Å²) in [4.78, 5) is 29.7. The molecule has 0 bridgehead atoms. The molecule has 3 N–H and O–H groups in total. The molecule has 0 fully saturated rings. The van der Waals surface area contributed by atoms with E-state index < -0.39 is 11.8 Å². The summed E-state index contributed by atoms with van der Waals surface area (Å²) in [6.07, 6.45) is 0. The van der Waals surface area contributed by atoms with E-state index in [2.05, 4.69) is 34.9 Å². The molecule has 0 radical (unpaired) electrons. The van der Waals surface area contributed by atoms with E-state index in [1.165, 1.54) is 4.90 Å². The molecule has 2 aromatic carbocycles. The standard InChI is InChI=1S/C22H31N5O2/c1-25(2)18-11-7-16(8-12-18)20(27(5)6)15-23-21(28)22(29)24-17-9-13-19(14-10-17)26(3)4/h7-14,20H,15H2,1-6H3,(H,23,28)(H,24,29)/p+1/t20-/m1/s1. The number of nitrogens with one attached hydrogen (secondary N) is 3. The van der Waals surface area contributed by atoms with Crippen molar-refractivity contribution >= 4 is 28.9 Å². The topological polar surface area (TPSA) is 69.1 Å². The Bertz CT molecular complexity index is 814. The van der Waals surface area contributed by atoms with Gasteiger partial charge in [-0.05, 0) is 36.4 Å². The fourth-order valence-electron chi connectivity index (χ4n) is 2.97. The first-order valence-corrected chi connectivity index (χ1v) is 9.63. The molecule has 0 heterocycles. The molecule has 0 aliphatic rings. The molecule has 0 saturated carbocycles. The molecule has 0 aliphatic carbocycles. The van der Waals surface area contributed by atoms with E-state index in [1.807, 2.05) is 64.2 Å². The molecule has 2 aromatic rings. The van der Waals surface area contributed by atoms with Crippen LogP contribution in [0.15, 0.2) is 48.5 Å². The van der Waals surface area contributed by atoms with E-state index in [9.17, 15) is 9.59 Å². The fourth-order valence-corrected chi connectivity index (χ4v) is 2.97. The van der Waals surface area contributed by atoms with Gasteiger partial charge >= 0.3 is 11.8 Å². The van der Waals surface area contributed by atoms with Crippen LogP contribution in [0.4, 0.5) is 17.1 Å². The second-order valence-electron chi connectivity index (χ2n) is 7.72. The van der Waals surface area contributed by atoms with Crippen LogP contribution in [0.5, 0.6) is 0 Å². The summed E-state index contributed by atoms with van der Waals surface area (Å²) in [7, 11) is 11.9. The molecule has 7 heteroatoms. The van der Waals surface area contributed by atoms with Gasteiger partial charge in [0.2, 0.25) is 0 Å². The van der Waals surface area contributed by atoms with Crippen LogP contribution in [-0.4, -0.2) is 60.6 Å². The Morgan fingerprint density at radius 3 is 1.76 bits per heavy atom. The van der Waals surface area contributed by atoms with E-state index in [0.717, 1.165) is 16.9 Å². The Morgan fingerprint density at radius 1 is 0.828 bits per heavy atom. The van der Waals surface area contributed by atoms with Gasteiger partial charge in [0, 0.05) is 50.8 Å². The van der Waals surface area contributed by atoms with Crippen LogP contribution in [0.1, 0.15) is 11.6 Å². The maximum Gasteiger partial charge on any atom is 0.313 e. The van der Waals surface area contributed by atoms with Crippen molar-refractivity contribution in [1.29, 1.82) is 0 Å². The lowest BCUT2D eigenvalue weighted by Gasteiger charge is -2.23. The first kappa shape index (κ1) is 22.2. The van der Waals surface area contributed by atoms with Gasteiger partial charge in [0.15, 0.2) is 0 Å². The van der Waals surface area contributed by atoms with Crippen molar-refractivity contribution in [2.24, 2.45) is 0 Å². The lowest BCUT2D eigenvalue weighted by atomic mass is 10.1. The highest BCUT2D eigenvalue weighted by Gasteiger charge is 2.21. The number of benzene rings is 2. The molecular weight excluding hydrogens is 366 g/mol. The molecule has 156 valence electrons. The smallest absolute Gasteiger partial charge is 0.313 e. The number of hydrogen-bond donors (Lipinski definition) is 3. The number of carbonyl (C=O) groups excluding carboxylic acids is 2. The number of nitrogens with zero attached hydrogens (tertiary/aromatic N) is 2. The van der Waals surface area contributed by atoms with Crippen LogP contribution >= 0.6 is 0 Å². The van der Waals surface area contributed by atoms with Gasteiger partial charge in [-0.3, -0.25) is 9.59 Å². The Morgan fingerprint density at radius 2 is 1.31 bits per heavy atom. The predicted octanol–water partition coefficient (Wildman–Crippen LogP) is 0.759. The lowest BCUT2D eigenvalue weighted by Crippen LogP contribution is -3.07. The molecule has 0 aliphatic heterocycles. The third-order valence-electron chi connectivity index (χ3n) is 4.82. The normalized spacial score (nSPS) is 11.7. The number of quaternary nitrogens is 1. The van der Waals surface area contributed by atoms with Crippen LogP contribution in [0.2, 0.25) is 0 Å². The Kier molecular flexibility index (Phi) is 7.61. The van der Waals surface area contributed by atoms with Crippen LogP contribution in [0.3, 0.4) is 0 Å². The number of carbonyl (C=O) groups is 2. The van der Waals surface area contributed by atoms with Gasteiger partial charge in [0.05, 0.1) is 20.6 Å². The number of amides is 2. The quantitative estimate of drug-likeness (QED) is 0.603. The van der Waals surface area contributed by atoms with Crippen LogP contribution in [0, 0.1) is 0 Å². The minimum Gasteiger partial charge on any atom is -0.378 e. The van der Waals surface area contributed by atoms with Crippen LogP contribution in [0.25, 0.3) is 0 Å². The van der Waals surface area contributed by atoms with Crippen molar-refractivity contribution in [1.82, 2.24) is 5.32 Å². The monoisotopic (exact) mass is 398 g/mol. The fraction of sp³-hybridized carbons (Fsp3) is 0.364. The number of rotatable bonds is 7. The van der Waals surface area contributed by atoms with E-state index >= 15 is 0 Å². The first-order valence-electron chi connectivity index (χ1n) is 9.63. The highest BCUT2D eigenvalue weighted by Crippen LogP contribution is 2.17. The van der Waals surface area contributed by atoms with E-state index in [-0.39, 0.29) is 6.04 Å². The minimum atomic E-state index is -0.668. The van der Waals surface area contributed by atoms with Gasteiger partial charge in [0.1, 0.15) is 6.04 Å². The number of anilines is 3. The minimum absolute atomic E-state index is 0.0438. The van der Waals surface area contributed by atoms with Crippen molar-refractivity contribution in [3.05, 3.63) is 54.1 Å². The summed E-state index contributed by atoms with van der Waals surface area (Å²) in [6.45, 7) is 0.371. The van der Waals surface area contributed by atoms with Gasteiger partial charge in [0.25, 0.3) is 0 Å².